The van der Waals surface area contributed by atoms with Gasteiger partial charge in [0.25, 0.3) is 5.91 Å². The number of amides is 1. The summed E-state index contributed by atoms with van der Waals surface area (Å²) in [6.45, 7) is 4.07. The SMILES string of the molecule is CC(C)[C@H](NC(=O)[C@@H](O)c1cccnc1)c1ccccc1. The fourth-order valence-corrected chi connectivity index (χ4v) is 2.22. The van der Waals surface area contributed by atoms with Gasteiger partial charge in [0.2, 0.25) is 0 Å². The van der Waals surface area contributed by atoms with Gasteiger partial charge in [-0.2, -0.15) is 0 Å². The van der Waals surface area contributed by atoms with Crippen LogP contribution in [0, 0.1) is 5.92 Å². The molecule has 0 aliphatic heterocycles. The van der Waals surface area contributed by atoms with Crippen molar-refractivity contribution in [2.75, 3.05) is 0 Å². The molecule has 0 saturated heterocycles. The van der Waals surface area contributed by atoms with Crippen molar-refractivity contribution < 1.29 is 9.90 Å². The molecular formula is C17H20N2O2. The van der Waals surface area contributed by atoms with Crippen LogP contribution in [-0.4, -0.2) is 16.0 Å². The van der Waals surface area contributed by atoms with Gasteiger partial charge in [-0.05, 0) is 17.5 Å². The van der Waals surface area contributed by atoms with E-state index in [0.717, 1.165) is 5.56 Å². The number of carbonyl (C=O) groups is 1. The van der Waals surface area contributed by atoms with Crippen molar-refractivity contribution in [1.82, 2.24) is 10.3 Å². The van der Waals surface area contributed by atoms with Crippen LogP contribution >= 0.6 is 0 Å². The minimum atomic E-state index is -1.20. The number of nitrogens with one attached hydrogen (secondary N) is 1. The van der Waals surface area contributed by atoms with Gasteiger partial charge in [0.1, 0.15) is 0 Å². The van der Waals surface area contributed by atoms with Crippen molar-refractivity contribution >= 4 is 5.91 Å². The average Bonchev–Trinajstić information content (AvgIpc) is 2.53. The molecule has 0 bridgehead atoms. The van der Waals surface area contributed by atoms with Gasteiger partial charge in [-0.1, -0.05) is 50.2 Å². The van der Waals surface area contributed by atoms with Crippen molar-refractivity contribution in [2.24, 2.45) is 5.92 Å². The third-order valence-corrected chi connectivity index (χ3v) is 3.37. The Labute approximate surface area is 124 Å². The summed E-state index contributed by atoms with van der Waals surface area (Å²) < 4.78 is 0. The lowest BCUT2D eigenvalue weighted by atomic mass is 9.95. The zero-order valence-corrected chi connectivity index (χ0v) is 12.2. The molecule has 1 aromatic heterocycles. The molecule has 2 atom stereocenters. The fraction of sp³-hybridized carbons (Fsp3) is 0.294. The Bertz CT molecular complexity index is 570. The number of hydrogen-bond donors (Lipinski definition) is 2. The highest BCUT2D eigenvalue weighted by molar-refractivity contribution is 5.82. The van der Waals surface area contributed by atoms with Crippen LogP contribution in [0.15, 0.2) is 54.9 Å². The Hall–Kier alpha value is -2.20. The van der Waals surface area contributed by atoms with Gasteiger partial charge < -0.3 is 10.4 Å². The molecule has 0 aliphatic rings. The number of aromatic nitrogens is 1. The minimum Gasteiger partial charge on any atom is -0.378 e. The first-order valence-electron chi connectivity index (χ1n) is 7.03. The highest BCUT2D eigenvalue weighted by Crippen LogP contribution is 2.22. The van der Waals surface area contributed by atoms with Crippen molar-refractivity contribution in [1.29, 1.82) is 0 Å². The zero-order chi connectivity index (χ0) is 15.2. The Balaban J connectivity index is 2.12. The Morgan fingerprint density at radius 2 is 1.76 bits per heavy atom. The standard InChI is InChI=1S/C17H20N2O2/c1-12(2)15(13-7-4-3-5-8-13)19-17(21)16(20)14-9-6-10-18-11-14/h3-12,15-16,20H,1-2H3,(H,19,21)/t15-,16-/m0/s1. The van der Waals surface area contributed by atoms with E-state index in [1.54, 1.807) is 18.3 Å². The van der Waals surface area contributed by atoms with Gasteiger partial charge in [-0.25, -0.2) is 0 Å². The van der Waals surface area contributed by atoms with Gasteiger partial charge in [-0.3, -0.25) is 9.78 Å². The van der Waals surface area contributed by atoms with E-state index < -0.39 is 12.0 Å². The molecule has 0 unspecified atom stereocenters. The van der Waals surface area contributed by atoms with Crippen LogP contribution in [0.25, 0.3) is 0 Å². The molecule has 4 nitrogen and oxygen atoms in total. The molecule has 1 aromatic carbocycles. The molecule has 110 valence electrons. The molecule has 0 fully saturated rings. The van der Waals surface area contributed by atoms with E-state index >= 15 is 0 Å². The lowest BCUT2D eigenvalue weighted by Crippen LogP contribution is -2.35. The van der Waals surface area contributed by atoms with Crippen LogP contribution < -0.4 is 5.32 Å². The molecule has 0 aliphatic carbocycles. The van der Waals surface area contributed by atoms with Crippen LogP contribution in [0.2, 0.25) is 0 Å². The molecule has 0 radical (unpaired) electrons. The third-order valence-electron chi connectivity index (χ3n) is 3.37. The predicted molar refractivity (Wildman–Crippen MR) is 81.4 cm³/mol. The molecule has 2 rings (SSSR count). The molecule has 2 aromatic rings. The Morgan fingerprint density at radius 1 is 1.10 bits per heavy atom. The van der Waals surface area contributed by atoms with Crippen LogP contribution in [0.1, 0.15) is 37.1 Å². The molecule has 4 heteroatoms. The minimum absolute atomic E-state index is 0.134. The van der Waals surface area contributed by atoms with Gasteiger partial charge in [0, 0.05) is 18.0 Å². The number of pyridine rings is 1. The maximum atomic E-state index is 12.2. The van der Waals surface area contributed by atoms with Crippen molar-refractivity contribution in [2.45, 2.75) is 26.0 Å². The topological polar surface area (TPSA) is 62.2 Å². The summed E-state index contributed by atoms with van der Waals surface area (Å²) >= 11 is 0. The summed E-state index contributed by atoms with van der Waals surface area (Å²) in [5.74, 6) is -0.192. The molecule has 0 spiro atoms. The van der Waals surface area contributed by atoms with Crippen molar-refractivity contribution in [3.05, 3.63) is 66.0 Å². The smallest absolute Gasteiger partial charge is 0.254 e. The lowest BCUT2D eigenvalue weighted by molar-refractivity contribution is -0.130. The fourth-order valence-electron chi connectivity index (χ4n) is 2.22. The molecule has 2 N–H and O–H groups in total. The lowest BCUT2D eigenvalue weighted by Gasteiger charge is -2.24. The summed E-state index contributed by atoms with van der Waals surface area (Å²) in [7, 11) is 0. The monoisotopic (exact) mass is 284 g/mol. The van der Waals surface area contributed by atoms with E-state index in [4.69, 9.17) is 0 Å². The summed E-state index contributed by atoms with van der Waals surface area (Å²) in [6.07, 6.45) is 1.90. The quantitative estimate of drug-likeness (QED) is 0.887. The average molecular weight is 284 g/mol. The predicted octanol–water partition coefficient (Wildman–Crippen LogP) is 2.63. The number of aliphatic hydroxyl groups is 1. The second-order valence-electron chi connectivity index (χ2n) is 5.33. The van der Waals surface area contributed by atoms with Crippen LogP contribution in [0.5, 0.6) is 0 Å². The first-order valence-corrected chi connectivity index (χ1v) is 7.03. The van der Waals surface area contributed by atoms with E-state index in [1.807, 2.05) is 44.2 Å². The van der Waals surface area contributed by atoms with Crippen LogP contribution in [0.3, 0.4) is 0 Å². The Morgan fingerprint density at radius 3 is 2.33 bits per heavy atom. The maximum Gasteiger partial charge on any atom is 0.254 e. The highest BCUT2D eigenvalue weighted by atomic mass is 16.3. The summed E-state index contributed by atoms with van der Waals surface area (Å²) in [5, 5.41) is 13.0. The first-order chi connectivity index (χ1) is 10.1. The van der Waals surface area contributed by atoms with Gasteiger partial charge in [0.05, 0.1) is 6.04 Å². The number of aliphatic hydroxyl groups excluding tert-OH is 1. The number of hydrogen-bond acceptors (Lipinski definition) is 3. The van der Waals surface area contributed by atoms with Gasteiger partial charge in [0.15, 0.2) is 6.10 Å². The largest absolute Gasteiger partial charge is 0.378 e. The second kappa shape index (κ2) is 6.99. The van der Waals surface area contributed by atoms with Crippen LogP contribution in [0.4, 0.5) is 0 Å². The van der Waals surface area contributed by atoms with E-state index in [2.05, 4.69) is 10.3 Å². The number of rotatable bonds is 5. The summed E-state index contributed by atoms with van der Waals surface area (Å²) in [5.41, 5.74) is 1.52. The molecular weight excluding hydrogens is 264 g/mol. The number of nitrogens with zero attached hydrogens (tertiary/aromatic N) is 1. The van der Waals surface area contributed by atoms with Gasteiger partial charge >= 0.3 is 0 Å². The summed E-state index contributed by atoms with van der Waals surface area (Å²) in [6, 6.07) is 13.0. The number of carbonyl (C=O) groups excluding carboxylic acids is 1. The van der Waals surface area contributed by atoms with Crippen LogP contribution in [-0.2, 0) is 4.79 Å². The molecule has 1 amide bonds. The maximum absolute atomic E-state index is 12.2. The third kappa shape index (κ3) is 3.89. The zero-order valence-electron chi connectivity index (χ0n) is 12.2. The molecule has 21 heavy (non-hydrogen) atoms. The van der Waals surface area contributed by atoms with Crippen molar-refractivity contribution in [3.8, 4) is 0 Å². The van der Waals surface area contributed by atoms with E-state index in [1.165, 1.54) is 6.20 Å². The van der Waals surface area contributed by atoms with E-state index in [-0.39, 0.29) is 12.0 Å². The highest BCUT2D eigenvalue weighted by Gasteiger charge is 2.23. The van der Waals surface area contributed by atoms with E-state index in [0.29, 0.717) is 5.56 Å². The molecule has 1 heterocycles. The van der Waals surface area contributed by atoms with E-state index in [9.17, 15) is 9.90 Å². The molecule has 0 saturated carbocycles. The number of benzene rings is 1. The van der Waals surface area contributed by atoms with Crippen molar-refractivity contribution in [3.63, 3.8) is 0 Å². The second-order valence-corrected chi connectivity index (χ2v) is 5.33. The normalized spacial score (nSPS) is 13.7. The summed E-state index contributed by atoms with van der Waals surface area (Å²) in [4.78, 5) is 16.2. The first kappa shape index (κ1) is 15.2. The van der Waals surface area contributed by atoms with Gasteiger partial charge in [-0.15, -0.1) is 0 Å². The Kier molecular flexibility index (Phi) is 5.06.